The number of carbonyl (C=O) groups excluding carboxylic acids is 3. The van der Waals surface area contributed by atoms with Crippen molar-refractivity contribution in [3.05, 3.63) is 29.8 Å². The Kier molecular flexibility index (Phi) is 4.60. The summed E-state index contributed by atoms with van der Waals surface area (Å²) in [6.07, 6.45) is 1.87. The van der Waals surface area contributed by atoms with Gasteiger partial charge in [-0.3, -0.25) is 14.5 Å². The highest BCUT2D eigenvalue weighted by Gasteiger charge is 2.27. The number of sulfone groups is 1. The first-order valence-corrected chi connectivity index (χ1v) is 8.49. The van der Waals surface area contributed by atoms with E-state index in [4.69, 9.17) is 4.74 Å². The van der Waals surface area contributed by atoms with Gasteiger partial charge in [0.2, 0.25) is 5.91 Å². The van der Waals surface area contributed by atoms with Gasteiger partial charge in [-0.1, -0.05) is 12.1 Å². The van der Waals surface area contributed by atoms with Crippen LogP contribution in [0.1, 0.15) is 23.2 Å². The highest BCUT2D eigenvalue weighted by atomic mass is 32.2. The summed E-state index contributed by atoms with van der Waals surface area (Å²) in [7, 11) is -3.59. The molecule has 0 saturated carbocycles. The third kappa shape index (κ3) is 3.51. The third-order valence-electron chi connectivity index (χ3n) is 3.21. The van der Waals surface area contributed by atoms with Crippen molar-refractivity contribution in [1.29, 1.82) is 0 Å². The summed E-state index contributed by atoms with van der Waals surface area (Å²) < 4.78 is 28.1. The van der Waals surface area contributed by atoms with Gasteiger partial charge < -0.3 is 4.74 Å². The van der Waals surface area contributed by atoms with Gasteiger partial charge in [0.15, 0.2) is 16.4 Å². The maximum absolute atomic E-state index is 12.0. The van der Waals surface area contributed by atoms with Crippen LogP contribution < -0.4 is 0 Å². The lowest BCUT2D eigenvalue weighted by atomic mass is 10.2. The minimum Gasteiger partial charge on any atom is -0.452 e. The molecule has 1 aromatic carbocycles. The van der Waals surface area contributed by atoms with Crippen molar-refractivity contribution < 1.29 is 27.5 Å². The number of likely N-dealkylation sites (tertiary alicyclic amines) is 1. The topological polar surface area (TPSA) is 97.8 Å². The van der Waals surface area contributed by atoms with Crippen molar-refractivity contribution in [1.82, 2.24) is 4.90 Å². The van der Waals surface area contributed by atoms with Crippen LogP contribution in [-0.4, -0.2) is 50.5 Å². The van der Waals surface area contributed by atoms with Gasteiger partial charge in [0.1, 0.15) is 0 Å². The summed E-state index contributed by atoms with van der Waals surface area (Å²) in [5, 5.41) is 0. The van der Waals surface area contributed by atoms with E-state index in [1.807, 2.05) is 0 Å². The number of ether oxygens (including phenoxy) is 1. The van der Waals surface area contributed by atoms with Gasteiger partial charge in [-0.2, -0.15) is 0 Å². The molecular weight excluding hydrogens is 310 g/mol. The molecule has 1 aromatic rings. The van der Waals surface area contributed by atoms with E-state index in [2.05, 4.69) is 0 Å². The molecule has 0 aliphatic carbocycles. The highest BCUT2D eigenvalue weighted by Crippen LogP contribution is 2.16. The lowest BCUT2D eigenvalue weighted by molar-refractivity contribution is -0.143. The number of benzene rings is 1. The average molecular weight is 325 g/mol. The number of amides is 2. The quantitative estimate of drug-likeness (QED) is 0.743. The summed E-state index contributed by atoms with van der Waals surface area (Å²) in [5.41, 5.74) is -0.134. The molecule has 0 spiro atoms. The van der Waals surface area contributed by atoms with E-state index in [0.29, 0.717) is 19.4 Å². The average Bonchev–Trinajstić information content (AvgIpc) is 2.89. The number of rotatable bonds is 4. The second-order valence-electron chi connectivity index (χ2n) is 4.89. The minimum atomic E-state index is -3.59. The molecule has 1 aliphatic heterocycles. The Hall–Kier alpha value is -2.22. The van der Waals surface area contributed by atoms with E-state index in [1.165, 1.54) is 24.3 Å². The van der Waals surface area contributed by atoms with Crippen LogP contribution in [0.5, 0.6) is 0 Å². The molecular formula is C14H15NO6S. The normalized spacial score (nSPS) is 15.0. The Morgan fingerprint density at radius 3 is 2.55 bits per heavy atom. The third-order valence-corrected chi connectivity index (χ3v) is 4.36. The molecule has 0 bridgehead atoms. The monoisotopic (exact) mass is 325 g/mol. The lowest BCUT2D eigenvalue weighted by Crippen LogP contribution is -2.35. The first-order valence-electron chi connectivity index (χ1n) is 6.60. The van der Waals surface area contributed by atoms with Crippen molar-refractivity contribution >= 4 is 27.6 Å². The van der Waals surface area contributed by atoms with E-state index in [9.17, 15) is 22.8 Å². The van der Waals surface area contributed by atoms with Gasteiger partial charge in [-0.15, -0.1) is 0 Å². The number of hydrogen-bond donors (Lipinski definition) is 0. The molecule has 118 valence electrons. The molecule has 2 rings (SSSR count). The molecule has 1 fully saturated rings. The van der Waals surface area contributed by atoms with Gasteiger partial charge in [-0.05, 0) is 18.6 Å². The summed E-state index contributed by atoms with van der Waals surface area (Å²) in [6, 6.07) is 5.58. The zero-order valence-electron chi connectivity index (χ0n) is 11.9. The Morgan fingerprint density at radius 1 is 1.27 bits per heavy atom. The number of imide groups is 1. The second-order valence-corrected chi connectivity index (χ2v) is 6.87. The van der Waals surface area contributed by atoms with Crippen molar-refractivity contribution in [2.75, 3.05) is 19.4 Å². The SMILES string of the molecule is CS(=O)(=O)c1ccccc1C(=O)OCC(=O)N1CCCC1=O. The van der Waals surface area contributed by atoms with Gasteiger partial charge in [0.05, 0.1) is 10.5 Å². The fourth-order valence-electron chi connectivity index (χ4n) is 2.15. The molecule has 22 heavy (non-hydrogen) atoms. The number of nitrogens with zero attached hydrogens (tertiary/aromatic N) is 1. The summed E-state index contributed by atoms with van der Waals surface area (Å²) >= 11 is 0. The molecule has 0 aromatic heterocycles. The first-order chi connectivity index (χ1) is 10.3. The molecule has 0 N–H and O–H groups in total. The molecule has 1 heterocycles. The van der Waals surface area contributed by atoms with E-state index in [-0.39, 0.29) is 16.4 Å². The fourth-order valence-corrected chi connectivity index (χ4v) is 3.03. The Labute approximate surface area is 127 Å². The maximum Gasteiger partial charge on any atom is 0.339 e. The Balaban J connectivity index is 2.07. The van der Waals surface area contributed by atoms with Crippen LogP contribution in [0.25, 0.3) is 0 Å². The van der Waals surface area contributed by atoms with Crippen LogP contribution in [0.15, 0.2) is 29.2 Å². The zero-order valence-corrected chi connectivity index (χ0v) is 12.8. The molecule has 1 saturated heterocycles. The summed E-state index contributed by atoms with van der Waals surface area (Å²) in [4.78, 5) is 36.0. The van der Waals surface area contributed by atoms with Crippen LogP contribution in [0.4, 0.5) is 0 Å². The van der Waals surface area contributed by atoms with Crippen molar-refractivity contribution in [2.24, 2.45) is 0 Å². The van der Waals surface area contributed by atoms with Crippen LogP contribution in [-0.2, 0) is 24.2 Å². The van der Waals surface area contributed by atoms with E-state index >= 15 is 0 Å². The van der Waals surface area contributed by atoms with Gasteiger partial charge >= 0.3 is 5.97 Å². The van der Waals surface area contributed by atoms with Gasteiger partial charge in [0.25, 0.3) is 5.91 Å². The predicted molar refractivity (Wildman–Crippen MR) is 75.8 cm³/mol. The summed E-state index contributed by atoms with van der Waals surface area (Å²) in [6.45, 7) is -0.280. The van der Waals surface area contributed by atoms with Crippen molar-refractivity contribution in [3.63, 3.8) is 0 Å². The largest absolute Gasteiger partial charge is 0.452 e. The molecule has 7 nitrogen and oxygen atoms in total. The first kappa shape index (κ1) is 16.2. The van der Waals surface area contributed by atoms with E-state index < -0.39 is 28.3 Å². The van der Waals surface area contributed by atoms with Crippen molar-refractivity contribution in [3.8, 4) is 0 Å². The molecule has 0 atom stereocenters. The van der Waals surface area contributed by atoms with E-state index in [1.54, 1.807) is 0 Å². The molecule has 0 unspecified atom stereocenters. The lowest BCUT2D eigenvalue weighted by Gasteiger charge is -2.13. The van der Waals surface area contributed by atoms with Gasteiger partial charge in [0, 0.05) is 19.2 Å². The predicted octanol–water partition coefficient (Wildman–Crippen LogP) is 0.396. The Bertz CT molecular complexity index is 725. The fraction of sp³-hybridized carbons (Fsp3) is 0.357. The van der Waals surface area contributed by atoms with E-state index in [0.717, 1.165) is 11.2 Å². The van der Waals surface area contributed by atoms with Gasteiger partial charge in [-0.25, -0.2) is 13.2 Å². The zero-order chi connectivity index (χ0) is 16.3. The Morgan fingerprint density at radius 2 is 1.95 bits per heavy atom. The highest BCUT2D eigenvalue weighted by molar-refractivity contribution is 7.90. The maximum atomic E-state index is 12.0. The standard InChI is InChI=1S/C14H15NO6S/c1-22(19,20)11-6-3-2-5-10(11)14(18)21-9-13(17)15-8-4-7-12(15)16/h2-3,5-6H,4,7-9H2,1H3. The molecule has 2 amide bonds. The number of carbonyl (C=O) groups is 3. The van der Waals surface area contributed by atoms with Crippen LogP contribution >= 0.6 is 0 Å². The number of hydrogen-bond acceptors (Lipinski definition) is 6. The molecule has 8 heteroatoms. The molecule has 1 aliphatic rings. The second kappa shape index (κ2) is 6.27. The van der Waals surface area contributed by atoms with Crippen LogP contribution in [0.2, 0.25) is 0 Å². The smallest absolute Gasteiger partial charge is 0.339 e. The van der Waals surface area contributed by atoms with Crippen molar-refractivity contribution in [2.45, 2.75) is 17.7 Å². The molecule has 0 radical (unpaired) electrons. The summed E-state index contributed by atoms with van der Waals surface area (Å²) in [5.74, 6) is -1.81. The minimum absolute atomic E-state index is 0.134. The van der Waals surface area contributed by atoms with Crippen LogP contribution in [0.3, 0.4) is 0 Å². The van der Waals surface area contributed by atoms with Crippen LogP contribution in [0, 0.1) is 0 Å². The number of esters is 1.